The molecule has 27 heavy (non-hydrogen) atoms. The van der Waals surface area contributed by atoms with E-state index in [9.17, 15) is 13.2 Å². The number of nitrogens with one attached hydrogen (secondary N) is 1. The van der Waals surface area contributed by atoms with E-state index in [-0.39, 0.29) is 17.3 Å². The van der Waals surface area contributed by atoms with Gasteiger partial charge in [0.05, 0.1) is 4.90 Å². The van der Waals surface area contributed by atoms with Crippen molar-refractivity contribution in [1.29, 1.82) is 0 Å². The number of aryl methyl sites for hydroxylation is 1. The van der Waals surface area contributed by atoms with Crippen LogP contribution < -0.4 is 5.32 Å². The van der Waals surface area contributed by atoms with E-state index in [1.54, 1.807) is 42.5 Å². The molecule has 1 aromatic heterocycles. The van der Waals surface area contributed by atoms with Gasteiger partial charge in [0.25, 0.3) is 5.91 Å². The molecule has 0 saturated heterocycles. The zero-order chi connectivity index (χ0) is 19.4. The molecule has 1 atom stereocenters. The van der Waals surface area contributed by atoms with Crippen molar-refractivity contribution in [3.05, 3.63) is 87.1 Å². The molecular formula is C20H18ClNO3S2. The molecule has 2 aromatic carbocycles. The van der Waals surface area contributed by atoms with Crippen molar-refractivity contribution in [1.82, 2.24) is 5.32 Å². The highest BCUT2D eigenvalue weighted by Gasteiger charge is 2.30. The standard InChI is InChI=1S/C20H18ClNO3S2/c1-14-4-2-5-15(12-14)20(23)22-13-19(18-6-3-11-26-18)27(24,25)17-9-7-16(21)8-10-17/h2-12,19H,13H2,1H3,(H,22,23)/t19-/m1/s1. The Kier molecular flexibility index (Phi) is 5.99. The van der Waals surface area contributed by atoms with Crippen LogP contribution in [0.25, 0.3) is 0 Å². The van der Waals surface area contributed by atoms with Gasteiger partial charge in [-0.05, 0) is 54.8 Å². The van der Waals surface area contributed by atoms with Crippen LogP contribution in [0.15, 0.2) is 70.9 Å². The van der Waals surface area contributed by atoms with E-state index in [0.29, 0.717) is 15.5 Å². The first-order chi connectivity index (χ1) is 12.9. The quantitative estimate of drug-likeness (QED) is 0.632. The lowest BCUT2D eigenvalue weighted by Gasteiger charge is -2.17. The minimum atomic E-state index is -3.69. The average molecular weight is 420 g/mol. The molecule has 1 amide bonds. The van der Waals surface area contributed by atoms with Crippen LogP contribution in [0.2, 0.25) is 5.02 Å². The summed E-state index contributed by atoms with van der Waals surface area (Å²) in [5.41, 5.74) is 1.47. The lowest BCUT2D eigenvalue weighted by Crippen LogP contribution is -2.31. The van der Waals surface area contributed by atoms with Crippen molar-refractivity contribution < 1.29 is 13.2 Å². The predicted molar refractivity (Wildman–Crippen MR) is 109 cm³/mol. The number of amides is 1. The maximum atomic E-state index is 13.2. The summed E-state index contributed by atoms with van der Waals surface area (Å²) in [6.45, 7) is 1.88. The molecular weight excluding hydrogens is 402 g/mol. The van der Waals surface area contributed by atoms with Crippen molar-refractivity contribution >= 4 is 38.7 Å². The Balaban J connectivity index is 1.86. The van der Waals surface area contributed by atoms with Gasteiger partial charge in [0.15, 0.2) is 9.84 Å². The summed E-state index contributed by atoms with van der Waals surface area (Å²) in [7, 11) is -3.69. The van der Waals surface area contributed by atoms with Crippen molar-refractivity contribution in [2.24, 2.45) is 0 Å². The van der Waals surface area contributed by atoms with E-state index in [4.69, 9.17) is 11.6 Å². The number of halogens is 1. The molecule has 0 unspecified atom stereocenters. The fourth-order valence-electron chi connectivity index (χ4n) is 2.70. The topological polar surface area (TPSA) is 63.2 Å². The summed E-state index contributed by atoms with van der Waals surface area (Å²) in [5, 5.41) is 4.18. The van der Waals surface area contributed by atoms with Crippen LogP contribution >= 0.6 is 22.9 Å². The van der Waals surface area contributed by atoms with Gasteiger partial charge in [-0.25, -0.2) is 8.42 Å². The molecule has 3 rings (SSSR count). The van der Waals surface area contributed by atoms with Crippen molar-refractivity contribution in [2.75, 3.05) is 6.54 Å². The minimum Gasteiger partial charge on any atom is -0.350 e. The molecule has 0 saturated carbocycles. The van der Waals surface area contributed by atoms with Gasteiger partial charge in [-0.3, -0.25) is 4.79 Å². The van der Waals surface area contributed by atoms with E-state index in [1.165, 1.54) is 23.5 Å². The number of thiophene rings is 1. The highest BCUT2D eigenvalue weighted by Crippen LogP contribution is 2.32. The summed E-state index contributed by atoms with van der Waals surface area (Å²) in [6, 6.07) is 16.8. The number of hydrogen-bond donors (Lipinski definition) is 1. The third kappa shape index (κ3) is 4.58. The zero-order valence-corrected chi connectivity index (χ0v) is 16.9. The van der Waals surface area contributed by atoms with Crippen LogP contribution in [0.4, 0.5) is 0 Å². The van der Waals surface area contributed by atoms with Crippen LogP contribution in [0.5, 0.6) is 0 Å². The lowest BCUT2D eigenvalue weighted by atomic mass is 10.1. The summed E-state index contributed by atoms with van der Waals surface area (Å²) < 4.78 is 26.3. The normalized spacial score (nSPS) is 12.5. The number of sulfone groups is 1. The Morgan fingerprint density at radius 1 is 1.11 bits per heavy atom. The largest absolute Gasteiger partial charge is 0.350 e. The zero-order valence-electron chi connectivity index (χ0n) is 14.6. The smallest absolute Gasteiger partial charge is 0.251 e. The summed E-state index contributed by atoms with van der Waals surface area (Å²) in [4.78, 5) is 13.3. The molecule has 0 bridgehead atoms. The van der Waals surface area contributed by atoms with Crippen molar-refractivity contribution in [3.63, 3.8) is 0 Å². The molecule has 3 aromatic rings. The maximum Gasteiger partial charge on any atom is 0.251 e. The monoisotopic (exact) mass is 419 g/mol. The van der Waals surface area contributed by atoms with E-state index < -0.39 is 15.1 Å². The first-order valence-corrected chi connectivity index (χ1v) is 11.1. The fourth-order valence-corrected chi connectivity index (χ4v) is 5.61. The molecule has 0 aliphatic carbocycles. The summed E-state index contributed by atoms with van der Waals surface area (Å²) >= 11 is 7.22. The number of hydrogen-bond acceptors (Lipinski definition) is 4. The van der Waals surface area contributed by atoms with E-state index in [1.807, 2.05) is 18.4 Å². The Morgan fingerprint density at radius 3 is 2.48 bits per heavy atom. The Bertz CT molecular complexity index is 1030. The molecule has 140 valence electrons. The van der Waals surface area contributed by atoms with Gasteiger partial charge in [-0.2, -0.15) is 0 Å². The van der Waals surface area contributed by atoms with E-state index in [0.717, 1.165) is 5.56 Å². The van der Waals surface area contributed by atoms with Crippen LogP contribution in [-0.2, 0) is 9.84 Å². The molecule has 1 N–H and O–H groups in total. The van der Waals surface area contributed by atoms with Crippen LogP contribution in [-0.4, -0.2) is 20.9 Å². The van der Waals surface area contributed by atoms with Gasteiger partial charge in [0.1, 0.15) is 5.25 Å². The predicted octanol–water partition coefficient (Wildman–Crippen LogP) is 4.65. The molecule has 0 fully saturated rings. The number of carbonyl (C=O) groups is 1. The molecule has 0 aliphatic heterocycles. The third-order valence-electron chi connectivity index (χ3n) is 4.11. The first-order valence-electron chi connectivity index (χ1n) is 8.25. The highest BCUT2D eigenvalue weighted by atomic mass is 35.5. The second kappa shape index (κ2) is 8.25. The van der Waals surface area contributed by atoms with E-state index in [2.05, 4.69) is 5.32 Å². The number of benzene rings is 2. The van der Waals surface area contributed by atoms with Crippen LogP contribution in [0.3, 0.4) is 0 Å². The van der Waals surface area contributed by atoms with Gasteiger partial charge in [-0.1, -0.05) is 35.4 Å². The molecule has 7 heteroatoms. The number of carbonyl (C=O) groups excluding carboxylic acids is 1. The van der Waals surface area contributed by atoms with Crippen molar-refractivity contribution in [2.45, 2.75) is 17.1 Å². The van der Waals surface area contributed by atoms with Crippen molar-refractivity contribution in [3.8, 4) is 0 Å². The average Bonchev–Trinajstić information content (AvgIpc) is 3.16. The summed E-state index contributed by atoms with van der Waals surface area (Å²) in [6.07, 6.45) is 0. The molecule has 0 spiro atoms. The molecule has 0 radical (unpaired) electrons. The van der Waals surface area contributed by atoms with Gasteiger partial charge < -0.3 is 5.32 Å². The molecule has 4 nitrogen and oxygen atoms in total. The third-order valence-corrected chi connectivity index (χ3v) is 7.59. The van der Waals surface area contributed by atoms with Gasteiger partial charge in [-0.15, -0.1) is 11.3 Å². The minimum absolute atomic E-state index is 0.0156. The second-order valence-electron chi connectivity index (χ2n) is 6.08. The summed E-state index contributed by atoms with van der Waals surface area (Å²) in [5.74, 6) is -0.299. The Labute approximate surface area is 167 Å². The van der Waals surface area contributed by atoms with Gasteiger partial charge >= 0.3 is 0 Å². The fraction of sp³-hybridized carbons (Fsp3) is 0.150. The first kappa shape index (κ1) is 19.6. The Hall–Kier alpha value is -2.15. The SMILES string of the molecule is Cc1cccc(C(=O)NC[C@H](c2cccs2)S(=O)(=O)c2ccc(Cl)cc2)c1. The van der Waals surface area contributed by atoms with Gasteiger partial charge in [0, 0.05) is 22.0 Å². The highest BCUT2D eigenvalue weighted by molar-refractivity contribution is 7.91. The van der Waals surface area contributed by atoms with E-state index >= 15 is 0 Å². The van der Waals surface area contributed by atoms with Crippen LogP contribution in [0, 0.1) is 6.92 Å². The Morgan fingerprint density at radius 2 is 1.85 bits per heavy atom. The molecule has 1 heterocycles. The second-order valence-corrected chi connectivity index (χ2v) is 9.63. The maximum absolute atomic E-state index is 13.2. The van der Waals surface area contributed by atoms with Crippen LogP contribution in [0.1, 0.15) is 26.0 Å². The van der Waals surface area contributed by atoms with Gasteiger partial charge in [0.2, 0.25) is 0 Å². The lowest BCUT2D eigenvalue weighted by molar-refractivity contribution is 0.0953. The molecule has 0 aliphatic rings. The number of rotatable bonds is 6.